The van der Waals surface area contributed by atoms with Crippen LogP contribution in [0.25, 0.3) is 0 Å². The summed E-state index contributed by atoms with van der Waals surface area (Å²) in [5.74, 6) is -0.399. The van der Waals surface area contributed by atoms with Crippen LogP contribution in [0.3, 0.4) is 0 Å². The van der Waals surface area contributed by atoms with Gasteiger partial charge in [-0.25, -0.2) is 0 Å². The number of aryl methyl sites for hydroxylation is 2. The minimum atomic E-state index is -0.231. The molecule has 1 heterocycles. The van der Waals surface area contributed by atoms with E-state index in [9.17, 15) is 9.59 Å². The van der Waals surface area contributed by atoms with Gasteiger partial charge in [-0.05, 0) is 25.8 Å². The lowest BCUT2D eigenvalue weighted by molar-refractivity contribution is -0.143. The Hall–Kier alpha value is -1.85. The quantitative estimate of drug-likeness (QED) is 0.592. The first-order valence-corrected chi connectivity index (χ1v) is 6.55. The maximum Gasteiger partial charge on any atom is 0.305 e. The van der Waals surface area contributed by atoms with E-state index in [1.807, 2.05) is 6.92 Å². The van der Waals surface area contributed by atoms with Crippen LogP contribution in [0.15, 0.2) is 6.07 Å². The van der Waals surface area contributed by atoms with Gasteiger partial charge in [0.1, 0.15) is 5.69 Å². The summed E-state index contributed by atoms with van der Waals surface area (Å²) >= 11 is 0. The number of rotatable bonds is 7. The van der Waals surface area contributed by atoms with Crippen LogP contribution in [0, 0.1) is 0 Å². The van der Waals surface area contributed by atoms with Crippen molar-refractivity contribution in [3.05, 3.63) is 17.5 Å². The summed E-state index contributed by atoms with van der Waals surface area (Å²) in [4.78, 5) is 23.0. The standard InChI is InChI=1S/C13H21N3O3/c1-4-10-9-11(16(3)15-10)13(18)14-8-6-7-12(17)19-5-2/h9H,4-8H2,1-3H3,(H,14,18). The molecule has 0 fully saturated rings. The second-order valence-corrected chi connectivity index (χ2v) is 4.16. The normalized spacial score (nSPS) is 10.3. The molecular weight excluding hydrogens is 246 g/mol. The van der Waals surface area contributed by atoms with Crippen LogP contribution in [0.1, 0.15) is 42.9 Å². The number of nitrogens with one attached hydrogen (secondary N) is 1. The monoisotopic (exact) mass is 267 g/mol. The topological polar surface area (TPSA) is 73.2 Å². The minimum absolute atomic E-state index is 0.168. The molecule has 1 aromatic heterocycles. The third kappa shape index (κ3) is 4.73. The first-order valence-electron chi connectivity index (χ1n) is 6.55. The first-order chi connectivity index (χ1) is 9.08. The average molecular weight is 267 g/mol. The maximum absolute atomic E-state index is 11.9. The predicted octanol–water partition coefficient (Wildman–Crippen LogP) is 1.06. The second kappa shape index (κ2) is 7.56. The molecule has 0 atom stereocenters. The molecule has 0 aliphatic rings. The van der Waals surface area contributed by atoms with Gasteiger partial charge in [0, 0.05) is 20.0 Å². The summed E-state index contributed by atoms with van der Waals surface area (Å²) in [6.07, 6.45) is 1.69. The molecule has 6 nitrogen and oxygen atoms in total. The molecule has 0 aliphatic carbocycles. The van der Waals surface area contributed by atoms with E-state index in [4.69, 9.17) is 4.74 Å². The number of hydrogen-bond acceptors (Lipinski definition) is 4. The number of ether oxygens (including phenoxy) is 1. The molecular formula is C13H21N3O3. The molecule has 0 aromatic carbocycles. The number of carbonyl (C=O) groups is 2. The highest BCUT2D eigenvalue weighted by Gasteiger charge is 2.12. The number of esters is 1. The summed E-state index contributed by atoms with van der Waals surface area (Å²) in [5.41, 5.74) is 1.42. The number of nitrogens with zero attached hydrogens (tertiary/aromatic N) is 2. The molecule has 1 rings (SSSR count). The van der Waals surface area contributed by atoms with Gasteiger partial charge in [-0.2, -0.15) is 5.10 Å². The fraction of sp³-hybridized carbons (Fsp3) is 0.615. The average Bonchev–Trinajstić information content (AvgIpc) is 2.76. The third-order valence-electron chi connectivity index (χ3n) is 2.67. The van der Waals surface area contributed by atoms with E-state index in [0.29, 0.717) is 31.7 Å². The van der Waals surface area contributed by atoms with E-state index < -0.39 is 0 Å². The van der Waals surface area contributed by atoms with Crippen LogP contribution in [-0.2, 0) is 23.0 Å². The number of aromatic nitrogens is 2. The molecule has 0 bridgehead atoms. The molecule has 1 aromatic rings. The van der Waals surface area contributed by atoms with E-state index in [2.05, 4.69) is 10.4 Å². The first kappa shape index (κ1) is 15.2. The van der Waals surface area contributed by atoms with E-state index in [0.717, 1.165) is 12.1 Å². The van der Waals surface area contributed by atoms with Crippen molar-refractivity contribution in [1.82, 2.24) is 15.1 Å². The SMILES string of the molecule is CCOC(=O)CCCNC(=O)c1cc(CC)nn1C. The Kier molecular flexibility index (Phi) is 6.05. The maximum atomic E-state index is 11.9. The molecule has 6 heteroatoms. The highest BCUT2D eigenvalue weighted by atomic mass is 16.5. The lowest BCUT2D eigenvalue weighted by Crippen LogP contribution is -2.27. The fourth-order valence-electron chi connectivity index (χ4n) is 1.67. The molecule has 19 heavy (non-hydrogen) atoms. The molecule has 0 aliphatic heterocycles. The largest absolute Gasteiger partial charge is 0.466 e. The van der Waals surface area contributed by atoms with Gasteiger partial charge in [0.2, 0.25) is 0 Å². The Bertz CT molecular complexity index is 440. The van der Waals surface area contributed by atoms with E-state index in [1.165, 1.54) is 0 Å². The molecule has 0 saturated heterocycles. The van der Waals surface area contributed by atoms with Gasteiger partial charge in [-0.15, -0.1) is 0 Å². The highest BCUT2D eigenvalue weighted by Crippen LogP contribution is 2.03. The summed E-state index contributed by atoms with van der Waals surface area (Å²) in [6.45, 7) is 4.60. The highest BCUT2D eigenvalue weighted by molar-refractivity contribution is 5.92. The van der Waals surface area contributed by atoms with E-state index in [1.54, 1.807) is 24.7 Å². The Morgan fingerprint density at radius 3 is 2.74 bits per heavy atom. The Balaban J connectivity index is 2.35. The van der Waals surface area contributed by atoms with Crippen molar-refractivity contribution in [2.24, 2.45) is 7.05 Å². The molecule has 0 saturated carbocycles. The van der Waals surface area contributed by atoms with E-state index >= 15 is 0 Å². The number of hydrogen-bond donors (Lipinski definition) is 1. The summed E-state index contributed by atoms with van der Waals surface area (Å²) < 4.78 is 6.37. The smallest absolute Gasteiger partial charge is 0.305 e. The zero-order valence-corrected chi connectivity index (χ0v) is 11.7. The second-order valence-electron chi connectivity index (χ2n) is 4.16. The van der Waals surface area contributed by atoms with Gasteiger partial charge < -0.3 is 10.1 Å². The Morgan fingerprint density at radius 2 is 2.16 bits per heavy atom. The molecule has 106 valence electrons. The molecule has 0 spiro atoms. The van der Waals surface area contributed by atoms with Gasteiger partial charge in [0.25, 0.3) is 5.91 Å². The summed E-state index contributed by atoms with van der Waals surface area (Å²) in [5, 5.41) is 6.98. The van der Waals surface area contributed by atoms with Gasteiger partial charge in [-0.3, -0.25) is 14.3 Å². The lowest BCUT2D eigenvalue weighted by Gasteiger charge is -2.05. The van der Waals surface area contributed by atoms with Crippen LogP contribution in [0.2, 0.25) is 0 Å². The van der Waals surface area contributed by atoms with Gasteiger partial charge in [-0.1, -0.05) is 6.92 Å². The van der Waals surface area contributed by atoms with Crippen LogP contribution in [0.5, 0.6) is 0 Å². The molecule has 0 radical (unpaired) electrons. The van der Waals surface area contributed by atoms with Crippen molar-refractivity contribution in [1.29, 1.82) is 0 Å². The zero-order valence-electron chi connectivity index (χ0n) is 11.7. The van der Waals surface area contributed by atoms with Crippen LogP contribution in [-0.4, -0.2) is 34.8 Å². The van der Waals surface area contributed by atoms with Crippen molar-refractivity contribution in [2.45, 2.75) is 33.1 Å². The number of carbonyl (C=O) groups excluding carboxylic acids is 2. The van der Waals surface area contributed by atoms with Crippen molar-refractivity contribution in [3.63, 3.8) is 0 Å². The third-order valence-corrected chi connectivity index (χ3v) is 2.67. The lowest BCUT2D eigenvalue weighted by atomic mass is 10.3. The molecule has 1 N–H and O–H groups in total. The minimum Gasteiger partial charge on any atom is -0.466 e. The molecule has 0 unspecified atom stereocenters. The summed E-state index contributed by atoms with van der Waals surface area (Å²) in [7, 11) is 1.74. The van der Waals surface area contributed by atoms with Crippen molar-refractivity contribution in [3.8, 4) is 0 Å². The van der Waals surface area contributed by atoms with Crippen molar-refractivity contribution >= 4 is 11.9 Å². The van der Waals surface area contributed by atoms with Gasteiger partial charge in [0.05, 0.1) is 12.3 Å². The van der Waals surface area contributed by atoms with Gasteiger partial charge >= 0.3 is 5.97 Å². The Labute approximate surface area is 113 Å². The fourth-order valence-corrected chi connectivity index (χ4v) is 1.67. The Morgan fingerprint density at radius 1 is 1.42 bits per heavy atom. The van der Waals surface area contributed by atoms with Crippen molar-refractivity contribution < 1.29 is 14.3 Å². The van der Waals surface area contributed by atoms with E-state index in [-0.39, 0.29) is 11.9 Å². The van der Waals surface area contributed by atoms with Crippen LogP contribution >= 0.6 is 0 Å². The molecule has 1 amide bonds. The number of amides is 1. The van der Waals surface area contributed by atoms with Crippen molar-refractivity contribution in [2.75, 3.05) is 13.2 Å². The van der Waals surface area contributed by atoms with Gasteiger partial charge in [0.15, 0.2) is 0 Å². The van der Waals surface area contributed by atoms with Crippen LogP contribution < -0.4 is 5.32 Å². The predicted molar refractivity (Wildman–Crippen MR) is 70.8 cm³/mol. The zero-order chi connectivity index (χ0) is 14.3. The van der Waals surface area contributed by atoms with Crippen LogP contribution in [0.4, 0.5) is 0 Å². The summed E-state index contributed by atoms with van der Waals surface area (Å²) in [6, 6.07) is 1.78.